The lowest BCUT2D eigenvalue weighted by Crippen LogP contribution is -2.55. The molecule has 1 aliphatic rings. The highest BCUT2D eigenvalue weighted by molar-refractivity contribution is 5.76. The van der Waals surface area contributed by atoms with Gasteiger partial charge in [-0.25, -0.2) is 0 Å². The van der Waals surface area contributed by atoms with Crippen LogP contribution < -0.4 is 5.73 Å². The number of likely N-dealkylation sites (tertiary alicyclic amines) is 1. The maximum absolute atomic E-state index is 12.3. The van der Waals surface area contributed by atoms with E-state index in [1.165, 1.54) is 5.56 Å². The summed E-state index contributed by atoms with van der Waals surface area (Å²) in [7, 11) is 1.96. The lowest BCUT2D eigenvalue weighted by molar-refractivity contribution is -0.135. The Bertz CT molecular complexity index is 479. The van der Waals surface area contributed by atoms with Crippen LogP contribution >= 0.6 is 0 Å². The Morgan fingerprint density at radius 3 is 2.39 bits per heavy atom. The molecule has 0 aliphatic carbocycles. The van der Waals surface area contributed by atoms with Gasteiger partial charge in [0.05, 0.1) is 0 Å². The zero-order chi connectivity index (χ0) is 16.8. The van der Waals surface area contributed by atoms with Crippen molar-refractivity contribution in [1.82, 2.24) is 9.80 Å². The molecular formula is C19H31N3O. The summed E-state index contributed by atoms with van der Waals surface area (Å²) in [6, 6.07) is 10.9. The Morgan fingerprint density at radius 1 is 1.22 bits per heavy atom. The van der Waals surface area contributed by atoms with Crippen LogP contribution in [0.25, 0.3) is 0 Å². The molecule has 1 heterocycles. The normalized spacial score (nSPS) is 25.3. The van der Waals surface area contributed by atoms with Gasteiger partial charge in [0, 0.05) is 39.1 Å². The molecular weight excluding hydrogens is 286 g/mol. The van der Waals surface area contributed by atoms with E-state index in [4.69, 9.17) is 5.73 Å². The third-order valence-electron chi connectivity index (χ3n) is 4.94. The molecule has 128 valence electrons. The van der Waals surface area contributed by atoms with Crippen LogP contribution in [0.3, 0.4) is 0 Å². The molecule has 0 spiro atoms. The number of hydrogen-bond acceptors (Lipinski definition) is 3. The number of nitrogens with zero attached hydrogens (tertiary/aromatic N) is 2. The standard InChI is InChI=1S/C19H31N3O/c1-15-12-22(14-17-8-5-4-6-9-17)13-16(2)19(15)21(3)18(23)10-7-11-20/h4-6,8-9,15-16,19H,7,10-14,20H2,1-3H3. The van der Waals surface area contributed by atoms with E-state index in [9.17, 15) is 4.79 Å². The minimum absolute atomic E-state index is 0.232. The fourth-order valence-corrected chi connectivity index (χ4v) is 4.00. The number of rotatable bonds is 6. The minimum Gasteiger partial charge on any atom is -0.342 e. The summed E-state index contributed by atoms with van der Waals surface area (Å²) in [4.78, 5) is 16.8. The first kappa shape index (κ1) is 18.0. The summed E-state index contributed by atoms with van der Waals surface area (Å²) in [5.41, 5.74) is 6.88. The third kappa shape index (κ3) is 4.79. The van der Waals surface area contributed by atoms with E-state index >= 15 is 0 Å². The molecule has 1 amide bonds. The topological polar surface area (TPSA) is 49.6 Å². The van der Waals surface area contributed by atoms with E-state index in [1.807, 2.05) is 11.9 Å². The van der Waals surface area contributed by atoms with Crippen molar-refractivity contribution in [3.05, 3.63) is 35.9 Å². The molecule has 1 saturated heterocycles. The van der Waals surface area contributed by atoms with Gasteiger partial charge in [-0.15, -0.1) is 0 Å². The van der Waals surface area contributed by atoms with Gasteiger partial charge in [-0.1, -0.05) is 44.2 Å². The molecule has 4 nitrogen and oxygen atoms in total. The van der Waals surface area contributed by atoms with Crippen molar-refractivity contribution < 1.29 is 4.79 Å². The van der Waals surface area contributed by atoms with E-state index in [0.29, 0.717) is 30.8 Å². The van der Waals surface area contributed by atoms with Crippen molar-refractivity contribution in [2.45, 2.75) is 39.3 Å². The van der Waals surface area contributed by atoms with Gasteiger partial charge in [0.25, 0.3) is 0 Å². The second-order valence-electron chi connectivity index (χ2n) is 7.02. The first-order valence-electron chi connectivity index (χ1n) is 8.75. The van der Waals surface area contributed by atoms with Gasteiger partial charge in [0.2, 0.25) is 5.91 Å². The fourth-order valence-electron chi connectivity index (χ4n) is 4.00. The Balaban J connectivity index is 1.95. The SMILES string of the molecule is CC1CN(Cc2ccccc2)CC(C)C1N(C)C(=O)CCCN. The summed E-state index contributed by atoms with van der Waals surface area (Å²) in [5, 5.41) is 0. The predicted octanol–water partition coefficient (Wildman–Crippen LogP) is 2.34. The molecule has 4 heteroatoms. The monoisotopic (exact) mass is 317 g/mol. The zero-order valence-corrected chi connectivity index (χ0v) is 14.7. The average molecular weight is 317 g/mol. The average Bonchev–Trinajstić information content (AvgIpc) is 2.52. The zero-order valence-electron chi connectivity index (χ0n) is 14.7. The number of piperidine rings is 1. The first-order valence-corrected chi connectivity index (χ1v) is 8.75. The Labute approximate surface area is 140 Å². The fraction of sp³-hybridized carbons (Fsp3) is 0.632. The molecule has 0 radical (unpaired) electrons. The van der Waals surface area contributed by atoms with Crippen LogP contribution in [-0.4, -0.2) is 48.4 Å². The first-order chi connectivity index (χ1) is 11.0. The van der Waals surface area contributed by atoms with Crippen molar-refractivity contribution in [3.8, 4) is 0 Å². The second kappa shape index (κ2) is 8.46. The van der Waals surface area contributed by atoms with Crippen LogP contribution in [0.15, 0.2) is 30.3 Å². The summed E-state index contributed by atoms with van der Waals surface area (Å²) in [6.45, 7) is 8.19. The number of benzene rings is 1. The van der Waals surface area contributed by atoms with Crippen LogP contribution in [-0.2, 0) is 11.3 Å². The lowest BCUT2D eigenvalue weighted by atomic mass is 9.84. The maximum atomic E-state index is 12.3. The number of hydrogen-bond donors (Lipinski definition) is 1. The van der Waals surface area contributed by atoms with Gasteiger partial charge in [-0.2, -0.15) is 0 Å². The Kier molecular flexibility index (Phi) is 6.60. The van der Waals surface area contributed by atoms with E-state index in [2.05, 4.69) is 49.1 Å². The molecule has 0 bridgehead atoms. The summed E-state index contributed by atoms with van der Waals surface area (Å²) < 4.78 is 0. The molecule has 1 aliphatic heterocycles. The van der Waals surface area contributed by atoms with E-state index in [1.54, 1.807) is 0 Å². The number of carbonyl (C=O) groups is 1. The lowest BCUT2D eigenvalue weighted by Gasteiger charge is -2.45. The van der Waals surface area contributed by atoms with E-state index in [0.717, 1.165) is 26.1 Å². The van der Waals surface area contributed by atoms with Gasteiger partial charge < -0.3 is 10.6 Å². The van der Waals surface area contributed by atoms with Crippen molar-refractivity contribution in [2.24, 2.45) is 17.6 Å². The molecule has 2 atom stereocenters. The predicted molar refractivity (Wildman–Crippen MR) is 94.9 cm³/mol. The van der Waals surface area contributed by atoms with Crippen LogP contribution in [0.4, 0.5) is 0 Å². The van der Waals surface area contributed by atoms with Gasteiger partial charge in [-0.05, 0) is 30.4 Å². The molecule has 2 rings (SSSR count). The highest BCUT2D eigenvalue weighted by atomic mass is 16.2. The molecule has 1 aromatic rings. The van der Waals surface area contributed by atoms with Crippen LogP contribution in [0.1, 0.15) is 32.3 Å². The van der Waals surface area contributed by atoms with Crippen LogP contribution in [0.5, 0.6) is 0 Å². The van der Waals surface area contributed by atoms with Crippen molar-refractivity contribution in [2.75, 3.05) is 26.7 Å². The summed E-state index contributed by atoms with van der Waals surface area (Å²) in [6.07, 6.45) is 1.34. The smallest absolute Gasteiger partial charge is 0.222 e. The van der Waals surface area contributed by atoms with E-state index < -0.39 is 0 Å². The minimum atomic E-state index is 0.232. The summed E-state index contributed by atoms with van der Waals surface area (Å²) in [5.74, 6) is 1.19. The van der Waals surface area contributed by atoms with Crippen molar-refractivity contribution in [3.63, 3.8) is 0 Å². The van der Waals surface area contributed by atoms with Crippen molar-refractivity contribution in [1.29, 1.82) is 0 Å². The third-order valence-corrected chi connectivity index (χ3v) is 4.94. The molecule has 0 saturated carbocycles. The van der Waals surface area contributed by atoms with Crippen molar-refractivity contribution >= 4 is 5.91 Å². The number of carbonyl (C=O) groups excluding carboxylic acids is 1. The van der Waals surface area contributed by atoms with Gasteiger partial charge in [-0.3, -0.25) is 9.69 Å². The molecule has 0 aromatic heterocycles. The Morgan fingerprint density at radius 2 is 1.83 bits per heavy atom. The Hall–Kier alpha value is -1.39. The quantitative estimate of drug-likeness (QED) is 0.876. The molecule has 2 N–H and O–H groups in total. The molecule has 1 aromatic carbocycles. The van der Waals surface area contributed by atoms with Crippen LogP contribution in [0, 0.1) is 11.8 Å². The summed E-state index contributed by atoms with van der Waals surface area (Å²) >= 11 is 0. The second-order valence-corrected chi connectivity index (χ2v) is 7.02. The van der Waals surface area contributed by atoms with Gasteiger partial charge in [0.1, 0.15) is 0 Å². The maximum Gasteiger partial charge on any atom is 0.222 e. The molecule has 1 fully saturated rings. The largest absolute Gasteiger partial charge is 0.342 e. The molecule has 2 unspecified atom stereocenters. The number of nitrogens with two attached hydrogens (primary N) is 1. The highest BCUT2D eigenvalue weighted by Crippen LogP contribution is 2.27. The highest BCUT2D eigenvalue weighted by Gasteiger charge is 2.35. The number of amides is 1. The van der Waals surface area contributed by atoms with E-state index in [-0.39, 0.29) is 5.91 Å². The molecule has 23 heavy (non-hydrogen) atoms. The van der Waals surface area contributed by atoms with Crippen LogP contribution in [0.2, 0.25) is 0 Å². The van der Waals surface area contributed by atoms with Gasteiger partial charge in [0.15, 0.2) is 0 Å². The van der Waals surface area contributed by atoms with Gasteiger partial charge >= 0.3 is 0 Å².